The number of aromatic nitrogens is 2. The third-order valence-corrected chi connectivity index (χ3v) is 8.73. The van der Waals surface area contributed by atoms with Gasteiger partial charge in [0.05, 0.1) is 17.1 Å². The van der Waals surface area contributed by atoms with Crippen molar-refractivity contribution in [3.63, 3.8) is 0 Å². The van der Waals surface area contributed by atoms with Crippen LogP contribution in [0.15, 0.2) is 42.5 Å². The van der Waals surface area contributed by atoms with Gasteiger partial charge in [-0.05, 0) is 76.2 Å². The molecule has 0 aliphatic carbocycles. The molecule has 2 aliphatic rings. The highest BCUT2D eigenvalue weighted by molar-refractivity contribution is 5.80. The Morgan fingerprint density at radius 1 is 1.03 bits per heavy atom. The maximum absolute atomic E-state index is 10.1. The zero-order valence-electron chi connectivity index (χ0n) is 23.1. The van der Waals surface area contributed by atoms with Crippen molar-refractivity contribution in [2.75, 3.05) is 58.3 Å². The van der Waals surface area contributed by atoms with E-state index in [2.05, 4.69) is 76.8 Å². The minimum absolute atomic E-state index is 0.0625. The molecule has 0 radical (unpaired) electrons. The van der Waals surface area contributed by atoms with E-state index >= 15 is 0 Å². The summed E-state index contributed by atoms with van der Waals surface area (Å²) in [5.41, 5.74) is 4.76. The van der Waals surface area contributed by atoms with Crippen LogP contribution in [0.5, 0.6) is 5.75 Å². The molecular weight excluding hydrogens is 460 g/mol. The molecule has 2 N–H and O–H groups in total. The molecule has 0 bridgehead atoms. The second-order valence-electron chi connectivity index (χ2n) is 10.9. The second-order valence-corrected chi connectivity index (χ2v) is 10.9. The number of hydrogen-bond donors (Lipinski definition) is 2. The Morgan fingerprint density at radius 3 is 2.43 bits per heavy atom. The summed E-state index contributed by atoms with van der Waals surface area (Å²) in [5.74, 6) is 1.57. The van der Waals surface area contributed by atoms with Crippen LogP contribution < -0.4 is 10.2 Å². The lowest BCUT2D eigenvalue weighted by Crippen LogP contribution is -2.50. The van der Waals surface area contributed by atoms with Crippen molar-refractivity contribution in [2.45, 2.75) is 57.7 Å². The van der Waals surface area contributed by atoms with Crippen molar-refractivity contribution in [3.8, 4) is 5.75 Å². The first-order valence-electron chi connectivity index (χ1n) is 14.1. The highest BCUT2D eigenvalue weighted by atomic mass is 16.3. The van der Waals surface area contributed by atoms with Crippen LogP contribution in [0.3, 0.4) is 0 Å². The number of phenolic OH excluding ortho intramolecular Hbond substituents is 1. The number of hydrogen-bond acceptors (Lipinski definition) is 6. The van der Waals surface area contributed by atoms with E-state index in [0.29, 0.717) is 11.8 Å². The zero-order chi connectivity index (χ0) is 26.0. The van der Waals surface area contributed by atoms with Gasteiger partial charge in [-0.15, -0.1) is 0 Å². The van der Waals surface area contributed by atoms with Crippen LogP contribution in [0.2, 0.25) is 0 Å². The summed E-state index contributed by atoms with van der Waals surface area (Å²) in [4.78, 5) is 12.8. The minimum Gasteiger partial charge on any atom is -0.508 e. The van der Waals surface area contributed by atoms with Gasteiger partial charge in [-0.1, -0.05) is 25.5 Å². The topological polar surface area (TPSA) is 59.8 Å². The molecule has 200 valence electrons. The molecule has 0 spiro atoms. The summed E-state index contributed by atoms with van der Waals surface area (Å²) in [5, 5.41) is 13.6. The Labute approximate surface area is 222 Å². The molecule has 1 unspecified atom stereocenters. The number of aromatic hydroxyl groups is 1. The number of rotatable bonds is 8. The number of imidazole rings is 1. The molecule has 2 fully saturated rings. The Hall–Kier alpha value is -2.61. The quantitative estimate of drug-likeness (QED) is 0.469. The van der Waals surface area contributed by atoms with Gasteiger partial charge in [0.25, 0.3) is 0 Å². The highest BCUT2D eigenvalue weighted by Gasteiger charge is 2.38. The molecule has 2 aliphatic heterocycles. The molecule has 0 saturated carbocycles. The third kappa shape index (κ3) is 4.97. The van der Waals surface area contributed by atoms with Gasteiger partial charge in [-0.3, -0.25) is 9.80 Å². The second kappa shape index (κ2) is 11.0. The number of phenols is 1. The van der Waals surface area contributed by atoms with Crippen molar-refractivity contribution >= 4 is 16.7 Å². The maximum Gasteiger partial charge on any atom is 0.127 e. The van der Waals surface area contributed by atoms with Crippen LogP contribution in [0, 0.1) is 0 Å². The number of nitrogens with zero attached hydrogens (tertiary/aromatic N) is 5. The lowest BCUT2D eigenvalue weighted by Gasteiger charge is -2.47. The highest BCUT2D eigenvalue weighted by Crippen LogP contribution is 2.40. The molecule has 3 heterocycles. The number of nitrogens with one attached hydrogen (secondary N) is 1. The van der Waals surface area contributed by atoms with Crippen LogP contribution in [-0.2, 0) is 12.1 Å². The average Bonchev–Trinajstić information content (AvgIpc) is 3.29. The van der Waals surface area contributed by atoms with Crippen molar-refractivity contribution in [3.05, 3.63) is 53.9 Å². The SMILES string of the molecule is CCCC(c1nc2cc(N3CCC(c4cccc(O)c4)(N(C)C)CC3)ccc2n1CC)N1CCNCC1. The lowest BCUT2D eigenvalue weighted by molar-refractivity contribution is 0.115. The molecule has 7 nitrogen and oxygen atoms in total. The molecule has 7 heteroatoms. The number of fused-ring (bicyclic) bond motifs is 1. The number of benzene rings is 2. The van der Waals surface area contributed by atoms with Gasteiger partial charge < -0.3 is 19.9 Å². The van der Waals surface area contributed by atoms with E-state index < -0.39 is 0 Å². The molecule has 2 saturated heterocycles. The van der Waals surface area contributed by atoms with E-state index in [9.17, 15) is 5.11 Å². The summed E-state index contributed by atoms with van der Waals surface area (Å²) in [6.45, 7) is 11.7. The standard InChI is InChI=1S/C30H44N6O/c1-5-8-28(35-19-15-31-16-20-35)29-32-26-22-24(11-12-27(26)36(29)6-2)34-17-13-30(14-18-34,33(3)4)23-9-7-10-25(37)21-23/h7,9-12,21-22,28,31,37H,5-6,8,13-20H2,1-4H3. The van der Waals surface area contributed by atoms with E-state index in [0.717, 1.165) is 77.0 Å². The first-order valence-corrected chi connectivity index (χ1v) is 14.1. The van der Waals surface area contributed by atoms with E-state index in [1.807, 2.05) is 12.1 Å². The maximum atomic E-state index is 10.1. The van der Waals surface area contributed by atoms with Gasteiger partial charge >= 0.3 is 0 Å². The first-order chi connectivity index (χ1) is 18.0. The monoisotopic (exact) mass is 504 g/mol. The van der Waals surface area contributed by atoms with Crippen molar-refractivity contribution in [2.24, 2.45) is 0 Å². The average molecular weight is 505 g/mol. The normalized spacial score (nSPS) is 19.5. The molecule has 1 atom stereocenters. The Kier molecular flexibility index (Phi) is 7.75. The van der Waals surface area contributed by atoms with E-state index in [1.165, 1.54) is 22.6 Å². The molecule has 2 aromatic carbocycles. The fourth-order valence-corrected chi connectivity index (χ4v) is 6.59. The minimum atomic E-state index is -0.0625. The predicted molar refractivity (Wildman–Crippen MR) is 152 cm³/mol. The van der Waals surface area contributed by atoms with Gasteiger partial charge in [-0.25, -0.2) is 4.98 Å². The van der Waals surface area contributed by atoms with Crippen molar-refractivity contribution in [1.82, 2.24) is 24.7 Å². The first kappa shape index (κ1) is 26.0. The summed E-state index contributed by atoms with van der Waals surface area (Å²) >= 11 is 0. The van der Waals surface area contributed by atoms with Crippen LogP contribution in [-0.4, -0.2) is 77.8 Å². The summed E-state index contributed by atoms with van der Waals surface area (Å²) in [7, 11) is 4.33. The van der Waals surface area contributed by atoms with Gasteiger partial charge in [0.2, 0.25) is 0 Å². The number of aryl methyl sites for hydroxylation is 1. The van der Waals surface area contributed by atoms with Crippen LogP contribution >= 0.6 is 0 Å². The van der Waals surface area contributed by atoms with E-state index in [-0.39, 0.29) is 5.54 Å². The number of anilines is 1. The lowest BCUT2D eigenvalue weighted by atomic mass is 9.79. The fraction of sp³-hybridized carbons (Fsp3) is 0.567. The summed E-state index contributed by atoms with van der Waals surface area (Å²) in [6.07, 6.45) is 4.33. The van der Waals surface area contributed by atoms with Crippen LogP contribution in [0.25, 0.3) is 11.0 Å². The Bertz CT molecular complexity index is 1190. The molecule has 3 aromatic rings. The van der Waals surface area contributed by atoms with Gasteiger partial charge in [0.1, 0.15) is 11.6 Å². The van der Waals surface area contributed by atoms with Gasteiger partial charge in [-0.2, -0.15) is 0 Å². The van der Waals surface area contributed by atoms with E-state index in [1.54, 1.807) is 6.07 Å². The van der Waals surface area contributed by atoms with Gasteiger partial charge in [0, 0.05) is 57.0 Å². The van der Waals surface area contributed by atoms with E-state index in [4.69, 9.17) is 4.98 Å². The fourth-order valence-electron chi connectivity index (χ4n) is 6.59. The molecule has 5 rings (SSSR count). The van der Waals surface area contributed by atoms with Crippen molar-refractivity contribution < 1.29 is 5.11 Å². The Morgan fingerprint density at radius 2 is 1.78 bits per heavy atom. The molecular formula is C30H44N6O. The predicted octanol–water partition coefficient (Wildman–Crippen LogP) is 4.57. The molecule has 0 amide bonds. The largest absolute Gasteiger partial charge is 0.508 e. The molecule has 37 heavy (non-hydrogen) atoms. The smallest absolute Gasteiger partial charge is 0.127 e. The van der Waals surface area contributed by atoms with Crippen LogP contribution in [0.1, 0.15) is 57.0 Å². The summed E-state index contributed by atoms with van der Waals surface area (Å²) in [6, 6.07) is 15.1. The molecule has 1 aromatic heterocycles. The zero-order valence-corrected chi connectivity index (χ0v) is 23.1. The Balaban J connectivity index is 1.41. The van der Waals surface area contributed by atoms with Crippen LogP contribution in [0.4, 0.5) is 5.69 Å². The van der Waals surface area contributed by atoms with Gasteiger partial charge in [0.15, 0.2) is 0 Å². The summed E-state index contributed by atoms with van der Waals surface area (Å²) < 4.78 is 2.44. The number of piperazine rings is 1. The number of piperidine rings is 1. The van der Waals surface area contributed by atoms with Crippen molar-refractivity contribution in [1.29, 1.82) is 0 Å². The third-order valence-electron chi connectivity index (χ3n) is 8.73.